The van der Waals surface area contributed by atoms with E-state index in [1.807, 2.05) is 6.92 Å². The fraction of sp³-hybridized carbons (Fsp3) is 0.900. The second-order valence-corrected chi connectivity index (χ2v) is 14.6. The third-order valence-corrected chi connectivity index (χ3v) is 13.4. The number of rotatable bonds is 2. The molecule has 36 heavy (non-hydrogen) atoms. The highest BCUT2D eigenvalue weighted by Crippen LogP contribution is 2.75. The van der Waals surface area contributed by atoms with Crippen LogP contribution in [0.3, 0.4) is 0 Å². The molecular formula is C30H48O6. The first-order valence-corrected chi connectivity index (χ1v) is 14.2. The Morgan fingerprint density at radius 2 is 1.67 bits per heavy atom. The van der Waals surface area contributed by atoms with Crippen molar-refractivity contribution in [3.8, 4) is 0 Å². The third-order valence-electron chi connectivity index (χ3n) is 13.4. The molecule has 0 aromatic rings. The van der Waals surface area contributed by atoms with Crippen molar-refractivity contribution in [1.82, 2.24) is 0 Å². The molecule has 5 aliphatic carbocycles. The number of carboxylic acids is 1. The summed E-state index contributed by atoms with van der Waals surface area (Å²) in [4.78, 5) is 12.8. The number of carbonyl (C=O) groups is 1. The summed E-state index contributed by atoms with van der Waals surface area (Å²) in [6, 6.07) is 0. The average Bonchev–Trinajstić information content (AvgIpc) is 2.80. The number of aliphatic hydroxyl groups excluding tert-OH is 4. The van der Waals surface area contributed by atoms with Crippen LogP contribution in [-0.2, 0) is 4.79 Å². The number of hydrogen-bond donors (Lipinski definition) is 5. The summed E-state index contributed by atoms with van der Waals surface area (Å²) in [7, 11) is 0. The van der Waals surface area contributed by atoms with Gasteiger partial charge >= 0.3 is 5.97 Å². The van der Waals surface area contributed by atoms with Gasteiger partial charge in [0.05, 0.1) is 30.3 Å². The van der Waals surface area contributed by atoms with E-state index in [-0.39, 0.29) is 41.1 Å². The zero-order chi connectivity index (χ0) is 26.6. The van der Waals surface area contributed by atoms with Crippen molar-refractivity contribution in [1.29, 1.82) is 0 Å². The van der Waals surface area contributed by atoms with Crippen LogP contribution in [0.15, 0.2) is 11.6 Å². The predicted molar refractivity (Wildman–Crippen MR) is 137 cm³/mol. The summed E-state index contributed by atoms with van der Waals surface area (Å²) in [5.74, 6) is -0.0914. The van der Waals surface area contributed by atoms with Crippen molar-refractivity contribution in [3.63, 3.8) is 0 Å². The molecule has 5 N–H and O–H groups in total. The number of fused-ring (bicyclic) bond motifs is 7. The maximum absolute atomic E-state index is 12.8. The van der Waals surface area contributed by atoms with Gasteiger partial charge in [-0.05, 0) is 84.9 Å². The van der Waals surface area contributed by atoms with Gasteiger partial charge in [0.1, 0.15) is 0 Å². The molecule has 0 aliphatic heterocycles. The Labute approximate surface area is 216 Å². The van der Waals surface area contributed by atoms with Gasteiger partial charge in [0.2, 0.25) is 0 Å². The molecule has 204 valence electrons. The Kier molecular flexibility index (Phi) is 5.95. The van der Waals surface area contributed by atoms with E-state index in [1.54, 1.807) is 0 Å². The van der Waals surface area contributed by atoms with Crippen LogP contribution in [0.25, 0.3) is 0 Å². The first kappa shape index (κ1) is 26.6. The number of hydrogen-bond acceptors (Lipinski definition) is 5. The molecule has 0 radical (unpaired) electrons. The fourth-order valence-corrected chi connectivity index (χ4v) is 11.2. The monoisotopic (exact) mass is 504 g/mol. The molecule has 0 spiro atoms. The fourth-order valence-electron chi connectivity index (χ4n) is 11.2. The summed E-state index contributed by atoms with van der Waals surface area (Å²) in [5, 5.41) is 54.7. The van der Waals surface area contributed by atoms with Crippen molar-refractivity contribution in [2.45, 2.75) is 105 Å². The third kappa shape index (κ3) is 2.96. The Bertz CT molecular complexity index is 963. The average molecular weight is 505 g/mol. The molecule has 6 nitrogen and oxygen atoms in total. The van der Waals surface area contributed by atoms with Gasteiger partial charge in [-0.15, -0.1) is 0 Å². The van der Waals surface area contributed by atoms with E-state index in [0.29, 0.717) is 25.2 Å². The quantitative estimate of drug-likeness (QED) is 0.363. The second kappa shape index (κ2) is 8.03. The first-order valence-electron chi connectivity index (χ1n) is 14.2. The van der Waals surface area contributed by atoms with E-state index in [4.69, 9.17) is 0 Å². The lowest BCUT2D eigenvalue weighted by Crippen LogP contribution is -2.71. The minimum atomic E-state index is -1.08. The molecule has 0 saturated heterocycles. The van der Waals surface area contributed by atoms with Gasteiger partial charge in [0.15, 0.2) is 0 Å². The van der Waals surface area contributed by atoms with Gasteiger partial charge in [-0.2, -0.15) is 0 Å². The summed E-state index contributed by atoms with van der Waals surface area (Å²) < 4.78 is 0. The summed E-state index contributed by atoms with van der Waals surface area (Å²) in [6.07, 6.45) is 4.44. The van der Waals surface area contributed by atoms with E-state index >= 15 is 0 Å². The van der Waals surface area contributed by atoms with E-state index in [0.717, 1.165) is 25.7 Å². The van der Waals surface area contributed by atoms with Crippen LogP contribution in [0.2, 0.25) is 0 Å². The minimum absolute atomic E-state index is 0.000534. The van der Waals surface area contributed by atoms with Crippen LogP contribution in [0.4, 0.5) is 0 Å². The molecule has 0 amide bonds. The van der Waals surface area contributed by atoms with Crippen molar-refractivity contribution < 1.29 is 30.3 Å². The zero-order valence-corrected chi connectivity index (χ0v) is 23.0. The van der Waals surface area contributed by atoms with Crippen LogP contribution in [-0.4, -0.2) is 56.4 Å². The van der Waals surface area contributed by atoms with Gasteiger partial charge in [-0.3, -0.25) is 4.79 Å². The van der Waals surface area contributed by atoms with Gasteiger partial charge in [-0.25, -0.2) is 0 Å². The predicted octanol–water partition coefficient (Wildman–Crippen LogP) is 4.00. The second-order valence-electron chi connectivity index (χ2n) is 14.6. The normalized spacial score (nSPS) is 58.6. The number of allylic oxidation sites excluding steroid dienone is 2. The van der Waals surface area contributed by atoms with Crippen molar-refractivity contribution >= 4 is 5.97 Å². The number of aliphatic hydroxyl groups is 4. The molecule has 4 fully saturated rings. The molecule has 6 heteroatoms. The highest BCUT2D eigenvalue weighted by atomic mass is 16.4. The standard InChI is InChI=1S/C30H48O6/c1-16-9-10-30(25(35)36)12-11-28(5)18(22(30)17(16)2)7-8-21-26(3)13-20(33)24(34)27(4,15-31)23(26)19(32)14-29(21,28)6/h7,16-17,19-24,31-34H,8-15H2,1-6H3,(H,35,36)/t16-,17+,19-,20-,21+,22-,23+,24+,26-,27+,28-,29-,30+/m1/s1. The molecule has 0 aromatic carbocycles. The maximum Gasteiger partial charge on any atom is 0.310 e. The van der Waals surface area contributed by atoms with Crippen molar-refractivity contribution in [3.05, 3.63) is 11.6 Å². The number of aliphatic carboxylic acids is 1. The highest BCUT2D eigenvalue weighted by molar-refractivity contribution is 5.76. The molecule has 0 bridgehead atoms. The van der Waals surface area contributed by atoms with Gasteiger partial charge < -0.3 is 25.5 Å². The van der Waals surface area contributed by atoms with E-state index in [2.05, 4.69) is 40.7 Å². The number of carboxylic acid groups (broad SMARTS) is 1. The Hall–Kier alpha value is -0.950. The molecule has 0 aromatic heterocycles. The van der Waals surface area contributed by atoms with Crippen LogP contribution >= 0.6 is 0 Å². The molecule has 5 aliphatic rings. The lowest BCUT2D eigenvalue weighted by Gasteiger charge is -2.72. The Morgan fingerprint density at radius 1 is 1.00 bits per heavy atom. The lowest BCUT2D eigenvalue weighted by atomic mass is 9.32. The van der Waals surface area contributed by atoms with E-state index in [9.17, 15) is 30.3 Å². The lowest BCUT2D eigenvalue weighted by molar-refractivity contribution is -0.273. The van der Waals surface area contributed by atoms with Gasteiger partial charge in [0.25, 0.3) is 0 Å². The van der Waals surface area contributed by atoms with Gasteiger partial charge in [-0.1, -0.05) is 53.2 Å². The molecule has 5 rings (SSSR count). The SMILES string of the molecule is C[C@H]1[C@H](C)CC[C@]2(C(=O)O)CC[C@]3(C)C(=CC[C@H]4[C@@]5(C)C[C@@H](O)[C@H](O)[C@@](C)(CO)[C@H]5[C@H](O)C[C@]43C)[C@@H]12. The van der Waals surface area contributed by atoms with E-state index < -0.39 is 40.5 Å². The van der Waals surface area contributed by atoms with Gasteiger partial charge in [0, 0.05) is 11.3 Å². The largest absolute Gasteiger partial charge is 0.481 e. The topological polar surface area (TPSA) is 118 Å². The van der Waals surface area contributed by atoms with Crippen LogP contribution in [0.1, 0.15) is 86.5 Å². The first-order chi connectivity index (χ1) is 16.6. The van der Waals surface area contributed by atoms with E-state index in [1.165, 1.54) is 5.57 Å². The molecular weight excluding hydrogens is 456 g/mol. The van der Waals surface area contributed by atoms with Crippen molar-refractivity contribution in [2.24, 2.45) is 56.7 Å². The van der Waals surface area contributed by atoms with Crippen LogP contribution < -0.4 is 0 Å². The molecule has 13 atom stereocenters. The summed E-state index contributed by atoms with van der Waals surface area (Å²) in [6.45, 7) is 12.8. The Morgan fingerprint density at radius 3 is 2.28 bits per heavy atom. The molecule has 4 saturated carbocycles. The minimum Gasteiger partial charge on any atom is -0.481 e. The van der Waals surface area contributed by atoms with Crippen LogP contribution in [0, 0.1) is 56.7 Å². The van der Waals surface area contributed by atoms with Crippen molar-refractivity contribution in [2.75, 3.05) is 6.61 Å². The molecule has 0 heterocycles. The molecule has 0 unspecified atom stereocenters. The maximum atomic E-state index is 12.8. The van der Waals surface area contributed by atoms with Crippen LogP contribution in [0.5, 0.6) is 0 Å². The highest BCUT2D eigenvalue weighted by Gasteiger charge is 2.72. The summed E-state index contributed by atoms with van der Waals surface area (Å²) >= 11 is 0. The zero-order valence-electron chi connectivity index (χ0n) is 23.0. The summed E-state index contributed by atoms with van der Waals surface area (Å²) in [5.41, 5.74) is -1.41. The Balaban J connectivity index is 1.65. The smallest absolute Gasteiger partial charge is 0.310 e.